The summed E-state index contributed by atoms with van der Waals surface area (Å²) in [6.45, 7) is 7.33. The number of hydrogen-bond acceptors (Lipinski definition) is 5. The number of nitrogens with one attached hydrogen (secondary N) is 2. The number of allylic oxidation sites excluding steroid dienone is 1. The number of benzene rings is 1. The van der Waals surface area contributed by atoms with Crippen molar-refractivity contribution in [1.29, 1.82) is 0 Å². The molecule has 4 aromatic rings. The smallest absolute Gasteiger partial charge is 0.142 e. The van der Waals surface area contributed by atoms with Gasteiger partial charge in [0, 0.05) is 23.5 Å². The lowest BCUT2D eigenvalue weighted by Gasteiger charge is -2.22. The number of nitrogens with two attached hydrogens (primary N) is 1. The second-order valence-corrected chi connectivity index (χ2v) is 7.36. The maximum atomic E-state index is 6.14. The van der Waals surface area contributed by atoms with Gasteiger partial charge in [-0.05, 0) is 51.1 Å². The number of para-hydroxylation sites is 2. The number of aromatic nitrogens is 5. The Bertz CT molecular complexity index is 1100. The van der Waals surface area contributed by atoms with E-state index in [1.54, 1.807) is 12.3 Å². The molecule has 0 aliphatic carbocycles. The van der Waals surface area contributed by atoms with Crippen LogP contribution in [0.5, 0.6) is 0 Å². The molecule has 0 amide bonds. The Balaban J connectivity index is 0.000000687. The number of nitrogen functional groups attached to an aromatic ring is 1. The molecule has 1 aliphatic rings. The molecule has 4 N–H and O–H groups in total. The molecular formula is C23H27N7. The van der Waals surface area contributed by atoms with Crippen LogP contribution in [0.1, 0.15) is 25.8 Å². The van der Waals surface area contributed by atoms with E-state index in [2.05, 4.69) is 42.8 Å². The second-order valence-electron chi connectivity index (χ2n) is 7.36. The lowest BCUT2D eigenvalue weighted by molar-refractivity contribution is 0.343. The van der Waals surface area contributed by atoms with Crippen LogP contribution in [-0.4, -0.2) is 37.8 Å². The fourth-order valence-electron chi connectivity index (χ4n) is 3.66. The van der Waals surface area contributed by atoms with Gasteiger partial charge < -0.3 is 16.0 Å². The monoisotopic (exact) mass is 401 g/mol. The Morgan fingerprint density at radius 2 is 1.93 bits per heavy atom. The largest absolute Gasteiger partial charge is 0.383 e. The molecule has 0 unspecified atom stereocenters. The summed E-state index contributed by atoms with van der Waals surface area (Å²) in [5, 5.41) is 7.97. The van der Waals surface area contributed by atoms with Gasteiger partial charge in [0.15, 0.2) is 0 Å². The maximum Gasteiger partial charge on any atom is 0.142 e. The first-order chi connectivity index (χ1) is 14.7. The van der Waals surface area contributed by atoms with Gasteiger partial charge >= 0.3 is 0 Å². The van der Waals surface area contributed by atoms with E-state index in [1.807, 2.05) is 43.5 Å². The van der Waals surface area contributed by atoms with Gasteiger partial charge in [-0.2, -0.15) is 5.10 Å². The summed E-state index contributed by atoms with van der Waals surface area (Å²) in [5.74, 6) is 1.19. The molecule has 0 saturated carbocycles. The number of fused-ring (bicyclic) bond motifs is 1. The summed E-state index contributed by atoms with van der Waals surface area (Å²) in [6.07, 6.45) is 9.76. The van der Waals surface area contributed by atoms with Crippen LogP contribution in [0.3, 0.4) is 0 Å². The molecule has 7 nitrogen and oxygen atoms in total. The SMILES string of the molecule is C=CC.Nc1ncc(-c2cnn(C3CCNCC3)c2)cc1-c1nc2ccccc2[nH]1. The second kappa shape index (κ2) is 8.92. The molecule has 0 spiro atoms. The van der Waals surface area contributed by atoms with Gasteiger partial charge in [-0.3, -0.25) is 4.68 Å². The number of H-pyrrole nitrogens is 1. The molecule has 154 valence electrons. The van der Waals surface area contributed by atoms with Crippen molar-refractivity contribution >= 4 is 16.9 Å². The molecule has 5 rings (SSSR count). The van der Waals surface area contributed by atoms with E-state index in [9.17, 15) is 0 Å². The third-order valence-electron chi connectivity index (χ3n) is 5.18. The summed E-state index contributed by atoms with van der Waals surface area (Å²) in [5.41, 5.74) is 10.9. The number of anilines is 1. The number of rotatable bonds is 3. The van der Waals surface area contributed by atoms with E-state index >= 15 is 0 Å². The third kappa shape index (κ3) is 4.11. The van der Waals surface area contributed by atoms with Crippen molar-refractivity contribution in [3.8, 4) is 22.5 Å². The van der Waals surface area contributed by atoms with Crippen molar-refractivity contribution in [1.82, 2.24) is 30.0 Å². The number of imidazole rings is 1. The zero-order valence-corrected chi connectivity index (χ0v) is 17.2. The van der Waals surface area contributed by atoms with Crippen molar-refractivity contribution in [2.24, 2.45) is 0 Å². The molecule has 3 aromatic heterocycles. The average Bonchev–Trinajstić information content (AvgIpc) is 3.43. The Kier molecular flexibility index (Phi) is 5.90. The van der Waals surface area contributed by atoms with Crippen LogP contribution in [0, 0.1) is 0 Å². The molecule has 7 heteroatoms. The lowest BCUT2D eigenvalue weighted by atomic mass is 10.1. The fourth-order valence-corrected chi connectivity index (χ4v) is 3.66. The zero-order valence-electron chi connectivity index (χ0n) is 17.2. The molecule has 0 atom stereocenters. The predicted octanol–water partition coefficient (Wildman–Crippen LogP) is 4.19. The quantitative estimate of drug-likeness (QED) is 0.447. The van der Waals surface area contributed by atoms with Gasteiger partial charge in [-0.1, -0.05) is 18.2 Å². The first-order valence-electron chi connectivity index (χ1n) is 10.2. The summed E-state index contributed by atoms with van der Waals surface area (Å²) in [7, 11) is 0. The van der Waals surface area contributed by atoms with E-state index in [1.165, 1.54) is 0 Å². The maximum absolute atomic E-state index is 6.14. The minimum atomic E-state index is 0.455. The Morgan fingerprint density at radius 1 is 1.17 bits per heavy atom. The molecule has 0 bridgehead atoms. The third-order valence-corrected chi connectivity index (χ3v) is 5.18. The number of piperidine rings is 1. The minimum absolute atomic E-state index is 0.455. The predicted molar refractivity (Wildman–Crippen MR) is 122 cm³/mol. The van der Waals surface area contributed by atoms with Crippen LogP contribution in [0.2, 0.25) is 0 Å². The highest BCUT2D eigenvalue weighted by atomic mass is 15.3. The topological polar surface area (TPSA) is 97.4 Å². The van der Waals surface area contributed by atoms with Crippen LogP contribution in [-0.2, 0) is 0 Å². The van der Waals surface area contributed by atoms with Gasteiger partial charge in [-0.15, -0.1) is 6.58 Å². The molecule has 1 saturated heterocycles. The van der Waals surface area contributed by atoms with Crippen molar-refractivity contribution in [2.75, 3.05) is 18.8 Å². The first-order valence-corrected chi connectivity index (χ1v) is 10.2. The Hall–Kier alpha value is -3.45. The summed E-state index contributed by atoms with van der Waals surface area (Å²) < 4.78 is 2.08. The Morgan fingerprint density at radius 3 is 2.70 bits per heavy atom. The van der Waals surface area contributed by atoms with E-state index in [4.69, 9.17) is 5.73 Å². The molecule has 1 fully saturated rings. The van der Waals surface area contributed by atoms with Gasteiger partial charge in [0.25, 0.3) is 0 Å². The number of pyridine rings is 1. The van der Waals surface area contributed by atoms with Crippen LogP contribution in [0.25, 0.3) is 33.5 Å². The summed E-state index contributed by atoms with van der Waals surface area (Å²) in [4.78, 5) is 12.4. The molecule has 0 radical (unpaired) electrons. The lowest BCUT2D eigenvalue weighted by Crippen LogP contribution is -2.29. The Labute approximate surface area is 176 Å². The molecule has 30 heavy (non-hydrogen) atoms. The zero-order chi connectivity index (χ0) is 20.9. The van der Waals surface area contributed by atoms with Crippen LogP contribution in [0.4, 0.5) is 5.82 Å². The van der Waals surface area contributed by atoms with Gasteiger partial charge in [-0.25, -0.2) is 9.97 Å². The van der Waals surface area contributed by atoms with Crippen molar-refractivity contribution < 1.29 is 0 Å². The highest BCUT2D eigenvalue weighted by molar-refractivity contribution is 5.83. The van der Waals surface area contributed by atoms with Crippen LogP contribution < -0.4 is 11.1 Å². The summed E-state index contributed by atoms with van der Waals surface area (Å²) in [6, 6.07) is 10.4. The number of hydrogen-bond donors (Lipinski definition) is 3. The average molecular weight is 402 g/mol. The number of aromatic amines is 1. The van der Waals surface area contributed by atoms with E-state index in [-0.39, 0.29) is 0 Å². The van der Waals surface area contributed by atoms with Gasteiger partial charge in [0.1, 0.15) is 11.6 Å². The van der Waals surface area contributed by atoms with Crippen molar-refractivity contribution in [3.05, 3.63) is 61.6 Å². The minimum Gasteiger partial charge on any atom is -0.383 e. The first kappa shape index (κ1) is 19.8. The van der Waals surface area contributed by atoms with Crippen molar-refractivity contribution in [3.63, 3.8) is 0 Å². The molecule has 4 heterocycles. The molecular weight excluding hydrogens is 374 g/mol. The van der Waals surface area contributed by atoms with Crippen molar-refractivity contribution in [2.45, 2.75) is 25.8 Å². The molecule has 1 aliphatic heterocycles. The van der Waals surface area contributed by atoms with Crippen LogP contribution in [0.15, 0.2) is 61.6 Å². The van der Waals surface area contributed by atoms with Crippen LogP contribution >= 0.6 is 0 Å². The molecule has 1 aromatic carbocycles. The van der Waals surface area contributed by atoms with E-state index < -0.39 is 0 Å². The van der Waals surface area contributed by atoms with Gasteiger partial charge in [0.2, 0.25) is 0 Å². The highest BCUT2D eigenvalue weighted by Crippen LogP contribution is 2.30. The normalized spacial score (nSPS) is 14.3. The standard InChI is InChI=1S/C20H21N7.C3H6/c21-19-16(20-25-17-3-1-2-4-18(17)26-20)9-13(10-23-19)14-11-24-27(12-14)15-5-7-22-8-6-15;1-3-2/h1-4,9-12,15,22H,5-8H2,(H2,21,23)(H,25,26);3H,1H2,2H3. The van der Waals surface area contributed by atoms with E-state index in [0.717, 1.165) is 59.5 Å². The fraction of sp³-hybridized carbons (Fsp3) is 0.261. The van der Waals surface area contributed by atoms with E-state index in [0.29, 0.717) is 11.9 Å². The summed E-state index contributed by atoms with van der Waals surface area (Å²) >= 11 is 0. The van der Waals surface area contributed by atoms with Gasteiger partial charge in [0.05, 0.1) is 28.8 Å². The highest BCUT2D eigenvalue weighted by Gasteiger charge is 2.17. The number of nitrogens with zero attached hydrogens (tertiary/aromatic N) is 4.